The number of anilines is 1. The summed E-state index contributed by atoms with van der Waals surface area (Å²) in [6.45, 7) is 5.13. The first-order chi connectivity index (χ1) is 9.79. The van der Waals surface area contributed by atoms with Gasteiger partial charge in [0.1, 0.15) is 17.0 Å². The van der Waals surface area contributed by atoms with E-state index in [0.717, 1.165) is 42.2 Å². The third-order valence-corrected chi connectivity index (χ3v) is 5.02. The van der Waals surface area contributed by atoms with Crippen molar-refractivity contribution in [1.29, 1.82) is 0 Å². The van der Waals surface area contributed by atoms with Crippen molar-refractivity contribution in [2.24, 2.45) is 0 Å². The summed E-state index contributed by atoms with van der Waals surface area (Å²) in [6.07, 6.45) is 3.13. The molecule has 106 valence electrons. The van der Waals surface area contributed by atoms with Gasteiger partial charge in [0.25, 0.3) is 0 Å². The predicted molar refractivity (Wildman–Crippen MR) is 80.2 cm³/mol. The fraction of sp³-hybridized carbons (Fsp3) is 0.571. The summed E-state index contributed by atoms with van der Waals surface area (Å²) in [7, 11) is 0. The summed E-state index contributed by atoms with van der Waals surface area (Å²) in [5, 5.41) is 6.80. The maximum absolute atomic E-state index is 5.75. The van der Waals surface area contributed by atoms with Gasteiger partial charge in [0.2, 0.25) is 0 Å². The maximum Gasteiger partial charge on any atom is 0.138 e. The number of hydrogen-bond acceptors (Lipinski definition) is 6. The van der Waals surface area contributed by atoms with Gasteiger partial charge in [0.15, 0.2) is 0 Å². The third kappa shape index (κ3) is 2.17. The summed E-state index contributed by atoms with van der Waals surface area (Å²) in [6, 6.07) is 3.10. The largest absolute Gasteiger partial charge is 0.376 e. The number of rotatable bonds is 2. The first kappa shape index (κ1) is 12.5. The van der Waals surface area contributed by atoms with Crippen molar-refractivity contribution in [2.75, 3.05) is 25.0 Å². The lowest BCUT2D eigenvalue weighted by atomic mass is 10.1. The van der Waals surface area contributed by atoms with Gasteiger partial charge in [0, 0.05) is 25.2 Å². The van der Waals surface area contributed by atoms with Gasteiger partial charge in [-0.3, -0.25) is 4.90 Å². The van der Waals surface area contributed by atoms with Crippen LogP contribution in [0.1, 0.15) is 13.3 Å². The van der Waals surface area contributed by atoms with Crippen LogP contribution in [0, 0.1) is 0 Å². The van der Waals surface area contributed by atoms with Crippen LogP contribution in [0.15, 0.2) is 17.8 Å². The van der Waals surface area contributed by atoms with Crippen LogP contribution in [0.4, 0.5) is 5.82 Å². The first-order valence-corrected chi connectivity index (χ1v) is 7.98. The Morgan fingerprint density at radius 2 is 2.35 bits per heavy atom. The average molecular weight is 290 g/mol. The van der Waals surface area contributed by atoms with Gasteiger partial charge in [-0.15, -0.1) is 11.3 Å². The van der Waals surface area contributed by atoms with E-state index >= 15 is 0 Å². The maximum atomic E-state index is 5.75. The number of fused-ring (bicyclic) bond motifs is 2. The van der Waals surface area contributed by atoms with Crippen LogP contribution in [-0.2, 0) is 4.74 Å². The lowest BCUT2D eigenvalue weighted by Crippen LogP contribution is -2.45. The van der Waals surface area contributed by atoms with Gasteiger partial charge < -0.3 is 10.1 Å². The Balaban J connectivity index is 1.51. The molecule has 0 bridgehead atoms. The average Bonchev–Trinajstić information content (AvgIpc) is 3.04. The van der Waals surface area contributed by atoms with Crippen molar-refractivity contribution in [3.8, 4) is 0 Å². The molecule has 0 amide bonds. The van der Waals surface area contributed by atoms with Crippen molar-refractivity contribution < 1.29 is 4.74 Å². The highest BCUT2D eigenvalue weighted by Crippen LogP contribution is 2.28. The summed E-state index contributed by atoms with van der Waals surface area (Å²) in [5.41, 5.74) is 0. The lowest BCUT2D eigenvalue weighted by molar-refractivity contribution is -0.0390. The van der Waals surface area contributed by atoms with Gasteiger partial charge in [-0.05, 0) is 24.8 Å². The Kier molecular flexibility index (Phi) is 3.09. The summed E-state index contributed by atoms with van der Waals surface area (Å²) >= 11 is 1.66. The molecule has 20 heavy (non-hydrogen) atoms. The van der Waals surface area contributed by atoms with E-state index < -0.39 is 0 Å². The van der Waals surface area contributed by atoms with Crippen molar-refractivity contribution >= 4 is 27.4 Å². The number of hydrogen-bond donors (Lipinski definition) is 1. The number of morpholine rings is 1. The van der Waals surface area contributed by atoms with Gasteiger partial charge >= 0.3 is 0 Å². The van der Waals surface area contributed by atoms with Gasteiger partial charge in [-0.25, -0.2) is 9.97 Å². The van der Waals surface area contributed by atoms with Crippen LogP contribution in [0.5, 0.6) is 0 Å². The van der Waals surface area contributed by atoms with E-state index in [0.29, 0.717) is 18.2 Å². The second-order valence-corrected chi connectivity index (χ2v) is 6.58. The Morgan fingerprint density at radius 1 is 1.40 bits per heavy atom. The first-order valence-electron chi connectivity index (χ1n) is 7.10. The molecular weight excluding hydrogens is 272 g/mol. The van der Waals surface area contributed by atoms with Crippen molar-refractivity contribution in [1.82, 2.24) is 14.9 Å². The lowest BCUT2D eigenvalue weighted by Gasteiger charge is -2.33. The molecule has 0 aromatic carbocycles. The number of nitrogens with zero attached hydrogens (tertiary/aromatic N) is 3. The monoisotopic (exact) mass is 290 g/mol. The minimum absolute atomic E-state index is 0.354. The van der Waals surface area contributed by atoms with E-state index in [1.807, 2.05) is 0 Å². The Bertz CT molecular complexity index is 616. The minimum Gasteiger partial charge on any atom is -0.376 e. The van der Waals surface area contributed by atoms with Crippen LogP contribution >= 0.6 is 11.3 Å². The van der Waals surface area contributed by atoms with Crippen LogP contribution in [-0.4, -0.2) is 52.8 Å². The van der Waals surface area contributed by atoms with E-state index in [9.17, 15) is 0 Å². The Labute approximate surface area is 122 Å². The molecule has 2 aliphatic rings. The SMILES string of the molecule is C[C@H]1CN2C[C@H](Nc3ncnc4sccc34)C[C@H]2CO1. The van der Waals surface area contributed by atoms with Gasteiger partial charge in [-0.1, -0.05) is 0 Å². The summed E-state index contributed by atoms with van der Waals surface area (Å²) < 4.78 is 5.75. The van der Waals surface area contributed by atoms with Crippen LogP contribution in [0.2, 0.25) is 0 Å². The minimum atomic E-state index is 0.354. The highest BCUT2D eigenvalue weighted by Gasteiger charge is 2.36. The zero-order chi connectivity index (χ0) is 13.5. The molecule has 5 nitrogen and oxygen atoms in total. The molecule has 2 saturated heterocycles. The molecule has 2 aliphatic heterocycles. The van der Waals surface area contributed by atoms with Crippen molar-refractivity contribution in [3.63, 3.8) is 0 Å². The molecule has 2 fully saturated rings. The normalized spacial score (nSPS) is 30.6. The standard InChI is InChI=1S/C14H18N4OS/c1-9-5-18-6-10(4-11(18)7-19-9)17-13-12-2-3-20-14(12)16-8-15-13/h2-3,8-11H,4-7H2,1H3,(H,15,16,17)/t9-,10+,11-/m0/s1. The number of aromatic nitrogens is 2. The molecule has 0 spiro atoms. The topological polar surface area (TPSA) is 50.3 Å². The Hall–Kier alpha value is -1.24. The van der Waals surface area contributed by atoms with Crippen molar-refractivity contribution in [3.05, 3.63) is 17.8 Å². The van der Waals surface area contributed by atoms with E-state index in [1.54, 1.807) is 17.7 Å². The molecular formula is C14H18N4OS. The highest BCUT2D eigenvalue weighted by molar-refractivity contribution is 7.16. The second-order valence-electron chi connectivity index (χ2n) is 5.69. The van der Waals surface area contributed by atoms with E-state index in [1.165, 1.54) is 0 Å². The van der Waals surface area contributed by atoms with Crippen LogP contribution < -0.4 is 5.32 Å². The second kappa shape index (κ2) is 4.95. The third-order valence-electron chi connectivity index (χ3n) is 4.20. The van der Waals surface area contributed by atoms with E-state index in [2.05, 4.69) is 38.6 Å². The molecule has 0 aliphatic carbocycles. The highest BCUT2D eigenvalue weighted by atomic mass is 32.1. The molecule has 6 heteroatoms. The summed E-state index contributed by atoms with van der Waals surface area (Å²) in [5.74, 6) is 0.968. The zero-order valence-electron chi connectivity index (χ0n) is 11.5. The number of ether oxygens (including phenoxy) is 1. The molecule has 0 radical (unpaired) electrons. The molecule has 4 rings (SSSR count). The molecule has 2 aromatic heterocycles. The molecule has 0 saturated carbocycles. The molecule has 4 heterocycles. The fourth-order valence-electron chi connectivity index (χ4n) is 3.24. The molecule has 0 unspecified atom stereocenters. The van der Waals surface area contributed by atoms with Gasteiger partial charge in [-0.2, -0.15) is 0 Å². The van der Waals surface area contributed by atoms with E-state index in [-0.39, 0.29) is 0 Å². The summed E-state index contributed by atoms with van der Waals surface area (Å²) in [4.78, 5) is 12.3. The molecule has 3 atom stereocenters. The fourth-order valence-corrected chi connectivity index (χ4v) is 3.98. The molecule has 1 N–H and O–H groups in total. The smallest absolute Gasteiger partial charge is 0.138 e. The Morgan fingerprint density at radius 3 is 3.30 bits per heavy atom. The quantitative estimate of drug-likeness (QED) is 0.916. The van der Waals surface area contributed by atoms with Crippen LogP contribution in [0.3, 0.4) is 0 Å². The van der Waals surface area contributed by atoms with Crippen molar-refractivity contribution in [2.45, 2.75) is 31.5 Å². The number of thiophene rings is 1. The predicted octanol–water partition coefficient (Wildman–Crippen LogP) is 1.96. The van der Waals surface area contributed by atoms with Crippen LogP contribution in [0.25, 0.3) is 10.2 Å². The zero-order valence-corrected chi connectivity index (χ0v) is 12.3. The molecule has 2 aromatic rings. The number of nitrogens with one attached hydrogen (secondary N) is 1. The van der Waals surface area contributed by atoms with E-state index in [4.69, 9.17) is 4.74 Å². The van der Waals surface area contributed by atoms with Gasteiger partial charge in [0.05, 0.1) is 18.1 Å².